The highest BCUT2D eigenvalue weighted by molar-refractivity contribution is 7.13. The number of carbonyl (C=O) groups excluding carboxylic acids is 2. The molecule has 1 rings (SSSR count). The molecule has 2 atom stereocenters. The van der Waals surface area contributed by atoms with Crippen LogP contribution in [-0.2, 0) is 9.59 Å². The molecule has 0 radical (unpaired) electrons. The molecule has 0 saturated heterocycles. The molecule has 2 unspecified atom stereocenters. The first-order valence-electron chi connectivity index (χ1n) is 9.34. The molecule has 0 aromatic carbocycles. The van der Waals surface area contributed by atoms with Gasteiger partial charge in [0.1, 0.15) is 12.1 Å². The predicted molar refractivity (Wildman–Crippen MR) is 106 cm³/mol. The third-order valence-electron chi connectivity index (χ3n) is 4.27. The van der Waals surface area contributed by atoms with Crippen LogP contribution in [0.1, 0.15) is 67.2 Å². The molecule has 148 valence electrons. The van der Waals surface area contributed by atoms with Crippen LogP contribution in [0.25, 0.3) is 0 Å². The largest absolute Gasteiger partial charge is 0.383 e. The standard InChI is InChI=1S/C19H33N3O3S/c1-7-9-14(10-8-2)22(18-20-11-12-26-18)17(25)13(3)21-16(24)15(23)19(4,5)6/h11-15,23H,7-10H2,1-6H3,(H,21,24). The average molecular weight is 384 g/mol. The van der Waals surface area contributed by atoms with Gasteiger partial charge in [0.05, 0.1) is 0 Å². The number of aromatic nitrogens is 1. The predicted octanol–water partition coefficient (Wildman–Crippen LogP) is 3.36. The highest BCUT2D eigenvalue weighted by Gasteiger charge is 2.34. The van der Waals surface area contributed by atoms with Crippen molar-refractivity contribution in [3.8, 4) is 0 Å². The average Bonchev–Trinajstić information content (AvgIpc) is 3.07. The number of rotatable bonds is 9. The SMILES string of the molecule is CCCC(CCC)N(C(=O)C(C)NC(=O)C(O)C(C)(C)C)c1nccs1. The summed E-state index contributed by atoms with van der Waals surface area (Å²) >= 11 is 1.42. The molecule has 0 aliphatic rings. The molecule has 1 aromatic heterocycles. The molecular formula is C19H33N3O3S. The van der Waals surface area contributed by atoms with Crippen molar-refractivity contribution in [2.45, 2.75) is 85.4 Å². The summed E-state index contributed by atoms with van der Waals surface area (Å²) < 4.78 is 0. The quantitative estimate of drug-likeness (QED) is 0.685. The van der Waals surface area contributed by atoms with E-state index in [1.807, 2.05) is 5.38 Å². The fraction of sp³-hybridized carbons (Fsp3) is 0.737. The molecule has 6 nitrogen and oxygen atoms in total. The molecule has 0 bridgehead atoms. The van der Waals surface area contributed by atoms with Crippen LogP contribution in [0.15, 0.2) is 11.6 Å². The first kappa shape index (κ1) is 22.6. The number of nitrogens with zero attached hydrogens (tertiary/aromatic N) is 2. The molecule has 0 spiro atoms. The summed E-state index contributed by atoms with van der Waals surface area (Å²) in [6, 6.07) is -0.685. The Kier molecular flexibility index (Phi) is 8.70. The first-order chi connectivity index (χ1) is 12.1. The van der Waals surface area contributed by atoms with E-state index < -0.39 is 23.5 Å². The number of nitrogens with one attached hydrogen (secondary N) is 1. The van der Waals surface area contributed by atoms with Crippen molar-refractivity contribution >= 4 is 28.3 Å². The van der Waals surface area contributed by atoms with E-state index in [4.69, 9.17) is 0 Å². The lowest BCUT2D eigenvalue weighted by Crippen LogP contribution is -2.54. The molecule has 26 heavy (non-hydrogen) atoms. The second-order valence-corrected chi connectivity index (χ2v) is 8.63. The van der Waals surface area contributed by atoms with Gasteiger partial charge in [-0.2, -0.15) is 0 Å². The van der Waals surface area contributed by atoms with Gasteiger partial charge in [0.2, 0.25) is 5.91 Å². The molecule has 0 fully saturated rings. The summed E-state index contributed by atoms with van der Waals surface area (Å²) in [6.07, 6.45) is 4.19. The van der Waals surface area contributed by atoms with E-state index >= 15 is 0 Å². The number of aliphatic hydroxyl groups excluding tert-OH is 1. The Morgan fingerprint density at radius 2 is 1.85 bits per heavy atom. The van der Waals surface area contributed by atoms with Gasteiger partial charge in [0.15, 0.2) is 5.13 Å². The molecule has 7 heteroatoms. The Bertz CT molecular complexity index is 563. The van der Waals surface area contributed by atoms with Crippen LogP contribution in [0.2, 0.25) is 0 Å². The van der Waals surface area contributed by atoms with Gasteiger partial charge in [-0.25, -0.2) is 4.98 Å². The molecule has 0 aliphatic heterocycles. The summed E-state index contributed by atoms with van der Waals surface area (Å²) in [7, 11) is 0. The highest BCUT2D eigenvalue weighted by atomic mass is 32.1. The molecule has 2 N–H and O–H groups in total. The van der Waals surface area contributed by atoms with Gasteiger partial charge in [-0.1, -0.05) is 47.5 Å². The second kappa shape index (κ2) is 10.0. The highest BCUT2D eigenvalue weighted by Crippen LogP contribution is 2.26. The van der Waals surface area contributed by atoms with Crippen molar-refractivity contribution in [3.63, 3.8) is 0 Å². The van der Waals surface area contributed by atoms with Crippen molar-refractivity contribution in [3.05, 3.63) is 11.6 Å². The molecule has 1 aromatic rings. The lowest BCUT2D eigenvalue weighted by molar-refractivity contribution is -0.137. The number of aliphatic hydroxyl groups is 1. The maximum atomic E-state index is 13.1. The number of hydrogen-bond acceptors (Lipinski definition) is 5. The Hall–Kier alpha value is -1.47. The smallest absolute Gasteiger partial charge is 0.251 e. The minimum Gasteiger partial charge on any atom is -0.383 e. The van der Waals surface area contributed by atoms with Gasteiger partial charge in [-0.15, -0.1) is 11.3 Å². The minimum absolute atomic E-state index is 0.0514. The molecule has 2 amide bonds. The number of thiazole rings is 1. The molecule has 0 saturated carbocycles. The van der Waals surface area contributed by atoms with E-state index in [0.29, 0.717) is 5.13 Å². The van der Waals surface area contributed by atoms with E-state index in [1.54, 1.807) is 38.8 Å². The summed E-state index contributed by atoms with van der Waals surface area (Å²) in [5.41, 5.74) is -0.588. The number of anilines is 1. The minimum atomic E-state index is -1.17. The Labute approximate surface area is 161 Å². The lowest BCUT2D eigenvalue weighted by Gasteiger charge is -2.32. The van der Waals surface area contributed by atoms with Crippen LogP contribution in [0.4, 0.5) is 5.13 Å². The topological polar surface area (TPSA) is 82.5 Å². The maximum Gasteiger partial charge on any atom is 0.251 e. The molecular weight excluding hydrogens is 350 g/mol. The van der Waals surface area contributed by atoms with Crippen molar-refractivity contribution in [2.24, 2.45) is 5.41 Å². The summed E-state index contributed by atoms with van der Waals surface area (Å²) in [5.74, 6) is -0.721. The van der Waals surface area contributed by atoms with Crippen molar-refractivity contribution in [1.82, 2.24) is 10.3 Å². The van der Waals surface area contributed by atoms with Crippen LogP contribution < -0.4 is 10.2 Å². The number of carbonyl (C=O) groups is 2. The van der Waals surface area contributed by atoms with Crippen LogP contribution in [-0.4, -0.2) is 40.1 Å². The van der Waals surface area contributed by atoms with Gasteiger partial charge in [-0.3, -0.25) is 14.5 Å². The zero-order valence-electron chi connectivity index (χ0n) is 16.8. The Morgan fingerprint density at radius 3 is 2.27 bits per heavy atom. The van der Waals surface area contributed by atoms with Crippen molar-refractivity contribution < 1.29 is 14.7 Å². The van der Waals surface area contributed by atoms with E-state index in [1.165, 1.54) is 11.3 Å². The van der Waals surface area contributed by atoms with E-state index in [2.05, 4.69) is 24.1 Å². The normalized spacial score (nSPS) is 14.2. The van der Waals surface area contributed by atoms with E-state index in [-0.39, 0.29) is 11.9 Å². The van der Waals surface area contributed by atoms with Gasteiger partial charge < -0.3 is 10.4 Å². The monoisotopic (exact) mass is 383 g/mol. The van der Waals surface area contributed by atoms with Gasteiger partial charge >= 0.3 is 0 Å². The fourth-order valence-electron chi connectivity index (χ4n) is 2.79. The van der Waals surface area contributed by atoms with Crippen LogP contribution >= 0.6 is 11.3 Å². The maximum absolute atomic E-state index is 13.1. The van der Waals surface area contributed by atoms with Crippen molar-refractivity contribution in [1.29, 1.82) is 0 Å². The summed E-state index contributed by atoms with van der Waals surface area (Å²) in [4.78, 5) is 31.5. The van der Waals surface area contributed by atoms with Crippen molar-refractivity contribution in [2.75, 3.05) is 4.90 Å². The van der Waals surface area contributed by atoms with Gasteiger partial charge in [-0.05, 0) is 25.2 Å². The molecule has 0 aliphatic carbocycles. The van der Waals surface area contributed by atoms with Crippen LogP contribution in [0.3, 0.4) is 0 Å². The lowest BCUT2D eigenvalue weighted by atomic mass is 9.88. The van der Waals surface area contributed by atoms with Gasteiger partial charge in [0, 0.05) is 17.6 Å². The van der Waals surface area contributed by atoms with Crippen LogP contribution in [0, 0.1) is 5.41 Å². The Balaban J connectivity index is 2.99. The summed E-state index contributed by atoms with van der Waals surface area (Å²) in [5, 5.41) is 15.3. The van der Waals surface area contributed by atoms with E-state index in [0.717, 1.165) is 25.7 Å². The second-order valence-electron chi connectivity index (χ2n) is 7.75. The third-order valence-corrected chi connectivity index (χ3v) is 5.04. The Morgan fingerprint density at radius 1 is 1.27 bits per heavy atom. The first-order valence-corrected chi connectivity index (χ1v) is 10.2. The zero-order valence-corrected chi connectivity index (χ0v) is 17.6. The zero-order chi connectivity index (χ0) is 19.9. The number of amides is 2. The third kappa shape index (κ3) is 6.06. The molecule has 1 heterocycles. The van der Waals surface area contributed by atoms with Gasteiger partial charge in [0.25, 0.3) is 5.91 Å². The van der Waals surface area contributed by atoms with Crippen LogP contribution in [0.5, 0.6) is 0 Å². The fourth-order valence-corrected chi connectivity index (χ4v) is 3.51. The van der Waals surface area contributed by atoms with E-state index in [9.17, 15) is 14.7 Å². The number of hydrogen-bond donors (Lipinski definition) is 2. The summed E-state index contributed by atoms with van der Waals surface area (Å²) in [6.45, 7) is 11.2.